The second-order valence-corrected chi connectivity index (χ2v) is 8.16. The van der Waals surface area contributed by atoms with Crippen molar-refractivity contribution >= 4 is 0 Å². The number of piperidine rings is 1. The summed E-state index contributed by atoms with van der Waals surface area (Å²) in [6.45, 7) is 7.03. The van der Waals surface area contributed by atoms with Gasteiger partial charge in [0.2, 0.25) is 5.88 Å². The highest BCUT2D eigenvalue weighted by molar-refractivity contribution is 5.34. The largest absolute Gasteiger partial charge is 0.478 e. The molecule has 0 spiro atoms. The third kappa shape index (κ3) is 4.29. The van der Waals surface area contributed by atoms with Crippen molar-refractivity contribution in [1.29, 1.82) is 0 Å². The molecular formula is C22H31N5O4. The average Bonchev–Trinajstić information content (AvgIpc) is 2.76. The van der Waals surface area contributed by atoms with Crippen LogP contribution in [0.5, 0.6) is 17.9 Å². The minimum absolute atomic E-state index is 0.0694. The molecule has 0 radical (unpaired) electrons. The van der Waals surface area contributed by atoms with Gasteiger partial charge in [-0.15, -0.1) is 0 Å². The molecule has 9 heteroatoms. The predicted molar refractivity (Wildman–Crippen MR) is 113 cm³/mol. The summed E-state index contributed by atoms with van der Waals surface area (Å²) in [6, 6.07) is 0.646. The van der Waals surface area contributed by atoms with Crippen molar-refractivity contribution in [3.05, 3.63) is 29.7 Å². The molecule has 1 aliphatic heterocycles. The first kappa shape index (κ1) is 21.7. The first-order valence-corrected chi connectivity index (χ1v) is 11.0. The summed E-state index contributed by atoms with van der Waals surface area (Å²) in [6.07, 6.45) is 8.30. The van der Waals surface area contributed by atoms with Gasteiger partial charge in [0, 0.05) is 55.6 Å². The summed E-state index contributed by atoms with van der Waals surface area (Å²) < 4.78 is 16.3. The van der Waals surface area contributed by atoms with Gasteiger partial charge in [-0.1, -0.05) is 6.42 Å². The fourth-order valence-electron chi connectivity index (χ4n) is 4.97. The Kier molecular flexibility index (Phi) is 6.52. The standard InChI is InChI=1S/C22H31N5O4/c1-4-30-19-18(11-25-21(26-19)31-5-2)22(28)16-7-6-8-17(22)14-27(13-16)12-15-9-23-20(29-3)24-10-15/h9-11,16-17,28H,4-8,12-14H2,1-3H3. The molecule has 2 aliphatic rings. The predicted octanol–water partition coefficient (Wildman–Crippen LogP) is 2.19. The van der Waals surface area contributed by atoms with Crippen LogP contribution in [-0.4, -0.2) is 63.4 Å². The molecule has 2 bridgehead atoms. The molecule has 1 aliphatic carbocycles. The van der Waals surface area contributed by atoms with Crippen LogP contribution >= 0.6 is 0 Å². The van der Waals surface area contributed by atoms with Crippen molar-refractivity contribution in [1.82, 2.24) is 24.8 Å². The van der Waals surface area contributed by atoms with Gasteiger partial charge in [0.05, 0.1) is 25.9 Å². The molecule has 168 valence electrons. The zero-order valence-corrected chi connectivity index (χ0v) is 18.5. The van der Waals surface area contributed by atoms with Gasteiger partial charge in [-0.3, -0.25) is 4.90 Å². The number of fused-ring (bicyclic) bond motifs is 2. The van der Waals surface area contributed by atoms with E-state index in [0.29, 0.717) is 30.7 Å². The highest BCUT2D eigenvalue weighted by atomic mass is 16.5. The number of nitrogens with zero attached hydrogens (tertiary/aromatic N) is 5. The molecule has 2 fully saturated rings. The maximum absolute atomic E-state index is 12.0. The van der Waals surface area contributed by atoms with Gasteiger partial charge in [-0.25, -0.2) is 15.0 Å². The minimum atomic E-state index is -1.01. The lowest BCUT2D eigenvalue weighted by Gasteiger charge is -2.53. The molecule has 1 saturated heterocycles. The van der Waals surface area contributed by atoms with Crippen molar-refractivity contribution in [2.75, 3.05) is 33.4 Å². The third-order valence-electron chi connectivity index (χ3n) is 6.30. The summed E-state index contributed by atoms with van der Waals surface area (Å²) >= 11 is 0. The first-order valence-electron chi connectivity index (χ1n) is 11.0. The van der Waals surface area contributed by atoms with Gasteiger partial charge in [-0.05, 0) is 26.7 Å². The quantitative estimate of drug-likeness (QED) is 0.676. The first-order chi connectivity index (χ1) is 15.1. The summed E-state index contributed by atoms with van der Waals surface area (Å²) in [5.41, 5.74) is 0.698. The Balaban J connectivity index is 1.58. The van der Waals surface area contributed by atoms with E-state index in [0.717, 1.165) is 44.5 Å². The highest BCUT2D eigenvalue weighted by Gasteiger charge is 2.53. The molecule has 0 amide bonds. The number of hydrogen-bond acceptors (Lipinski definition) is 9. The average molecular weight is 430 g/mol. The number of methoxy groups -OCH3 is 1. The molecule has 2 aromatic rings. The Hall–Kier alpha value is -2.52. The summed E-state index contributed by atoms with van der Waals surface area (Å²) in [7, 11) is 1.56. The second kappa shape index (κ2) is 9.32. The van der Waals surface area contributed by atoms with Crippen molar-refractivity contribution in [3.8, 4) is 17.9 Å². The lowest BCUT2D eigenvalue weighted by molar-refractivity contribution is -0.150. The van der Waals surface area contributed by atoms with E-state index in [1.54, 1.807) is 25.7 Å². The van der Waals surface area contributed by atoms with Crippen molar-refractivity contribution in [2.45, 2.75) is 45.3 Å². The van der Waals surface area contributed by atoms with Crippen molar-refractivity contribution < 1.29 is 19.3 Å². The van der Waals surface area contributed by atoms with Crippen LogP contribution in [0.15, 0.2) is 18.6 Å². The van der Waals surface area contributed by atoms with E-state index in [9.17, 15) is 5.11 Å². The summed E-state index contributed by atoms with van der Waals surface area (Å²) in [5.74, 6) is 0.567. The fraction of sp³-hybridized carbons (Fsp3) is 0.636. The monoisotopic (exact) mass is 429 g/mol. The van der Waals surface area contributed by atoms with Gasteiger partial charge in [0.25, 0.3) is 0 Å². The van der Waals surface area contributed by atoms with Crippen LogP contribution in [0.3, 0.4) is 0 Å². The third-order valence-corrected chi connectivity index (χ3v) is 6.30. The zero-order chi connectivity index (χ0) is 21.8. The van der Waals surface area contributed by atoms with Crippen LogP contribution in [0.2, 0.25) is 0 Å². The molecule has 1 N–H and O–H groups in total. The van der Waals surface area contributed by atoms with E-state index in [1.807, 2.05) is 13.8 Å². The van der Waals surface area contributed by atoms with Crippen molar-refractivity contribution in [3.63, 3.8) is 0 Å². The Morgan fingerprint density at radius 3 is 2.26 bits per heavy atom. The van der Waals surface area contributed by atoms with E-state index in [1.165, 1.54) is 0 Å². The summed E-state index contributed by atoms with van der Waals surface area (Å²) in [4.78, 5) is 19.6. The smallest absolute Gasteiger partial charge is 0.319 e. The topological polar surface area (TPSA) is 103 Å². The molecule has 2 unspecified atom stereocenters. The van der Waals surface area contributed by atoms with Gasteiger partial charge in [0.1, 0.15) is 5.60 Å². The SMILES string of the molecule is CCOc1ncc(C2(O)C3CCCC2CN(Cc2cnc(OC)nc2)C3)c(OCC)n1. The Labute approximate surface area is 182 Å². The van der Waals surface area contributed by atoms with Crippen LogP contribution in [0.4, 0.5) is 0 Å². The Morgan fingerprint density at radius 2 is 1.65 bits per heavy atom. The molecule has 4 rings (SSSR count). The molecular weight excluding hydrogens is 398 g/mol. The normalized spacial score (nSPS) is 25.8. The van der Waals surface area contributed by atoms with Crippen LogP contribution in [0.25, 0.3) is 0 Å². The number of ether oxygens (including phenoxy) is 3. The Bertz CT molecular complexity index is 865. The maximum atomic E-state index is 12.0. The second-order valence-electron chi connectivity index (χ2n) is 8.16. The number of likely N-dealkylation sites (tertiary alicyclic amines) is 1. The molecule has 1 saturated carbocycles. The molecule has 31 heavy (non-hydrogen) atoms. The number of aliphatic hydroxyl groups is 1. The van der Waals surface area contributed by atoms with Crippen molar-refractivity contribution in [2.24, 2.45) is 11.8 Å². The van der Waals surface area contributed by atoms with Crippen LogP contribution in [-0.2, 0) is 12.1 Å². The molecule has 3 heterocycles. The van der Waals surface area contributed by atoms with Gasteiger partial charge >= 0.3 is 12.0 Å². The maximum Gasteiger partial charge on any atom is 0.319 e. The van der Waals surface area contributed by atoms with Gasteiger partial charge in [0.15, 0.2) is 0 Å². The lowest BCUT2D eigenvalue weighted by Crippen LogP contribution is -2.58. The van der Waals surface area contributed by atoms with E-state index < -0.39 is 5.60 Å². The van der Waals surface area contributed by atoms with Crippen LogP contribution in [0.1, 0.15) is 44.2 Å². The molecule has 9 nitrogen and oxygen atoms in total. The van der Waals surface area contributed by atoms with Crippen LogP contribution < -0.4 is 14.2 Å². The zero-order valence-electron chi connectivity index (χ0n) is 18.5. The van der Waals surface area contributed by atoms with E-state index in [-0.39, 0.29) is 17.8 Å². The number of rotatable bonds is 8. The number of hydrogen-bond donors (Lipinski definition) is 1. The fourth-order valence-corrected chi connectivity index (χ4v) is 4.97. The number of aromatic nitrogens is 4. The van der Waals surface area contributed by atoms with E-state index >= 15 is 0 Å². The van der Waals surface area contributed by atoms with Gasteiger partial charge in [-0.2, -0.15) is 4.98 Å². The van der Waals surface area contributed by atoms with E-state index in [4.69, 9.17) is 14.2 Å². The minimum Gasteiger partial charge on any atom is -0.478 e. The molecule has 0 aromatic carbocycles. The highest BCUT2D eigenvalue weighted by Crippen LogP contribution is 2.51. The molecule has 2 atom stereocenters. The Morgan fingerprint density at radius 1 is 1.00 bits per heavy atom. The van der Waals surface area contributed by atoms with Crippen LogP contribution in [0, 0.1) is 11.8 Å². The lowest BCUT2D eigenvalue weighted by atomic mass is 9.63. The van der Waals surface area contributed by atoms with Gasteiger partial charge < -0.3 is 19.3 Å². The summed E-state index contributed by atoms with van der Waals surface area (Å²) in [5, 5.41) is 12.0. The van der Waals surface area contributed by atoms with E-state index in [2.05, 4.69) is 24.8 Å². The molecule has 2 aromatic heterocycles.